The smallest absolute Gasteiger partial charge is 0.313 e. The standard InChI is InChI=1S/C30H32N2O6/c1-18(17-33)32-26-28(35)31(22-13-12-20-9-4-5-10-21(20)16-22)15-7-14-30(26)25(27(32)34)24-23(38-30)11-6-3-8-19(2)37-29(24)36/h4-7,9-14,16,18-19,23-26,33H,3,8,15,17H2,1-2H3/b11-6-/t18?,19?,23-,24?,25+,26-,30?/m1/s1. The van der Waals surface area contributed by atoms with Crippen molar-refractivity contribution in [3.05, 3.63) is 66.8 Å². The predicted octanol–water partition coefficient (Wildman–Crippen LogP) is 2.99. The summed E-state index contributed by atoms with van der Waals surface area (Å²) < 4.78 is 12.3. The van der Waals surface area contributed by atoms with Gasteiger partial charge >= 0.3 is 5.97 Å². The lowest BCUT2D eigenvalue weighted by Crippen LogP contribution is -2.57. The van der Waals surface area contributed by atoms with E-state index < -0.39 is 41.6 Å². The number of carbonyl (C=O) groups is 3. The molecule has 198 valence electrons. The van der Waals surface area contributed by atoms with Crippen LogP contribution in [0.2, 0.25) is 0 Å². The zero-order valence-electron chi connectivity index (χ0n) is 21.5. The summed E-state index contributed by atoms with van der Waals surface area (Å²) in [5, 5.41) is 12.1. The van der Waals surface area contributed by atoms with E-state index in [2.05, 4.69) is 0 Å². The highest BCUT2D eigenvalue weighted by Crippen LogP contribution is 2.54. The maximum atomic E-state index is 14.4. The van der Waals surface area contributed by atoms with Crippen LogP contribution in [0.25, 0.3) is 10.8 Å². The number of carbonyl (C=O) groups excluding carboxylic acids is 3. The van der Waals surface area contributed by atoms with Gasteiger partial charge in [0.05, 0.1) is 30.8 Å². The van der Waals surface area contributed by atoms with Gasteiger partial charge in [-0.3, -0.25) is 14.4 Å². The van der Waals surface area contributed by atoms with E-state index in [0.717, 1.165) is 10.8 Å². The second-order valence-electron chi connectivity index (χ2n) is 10.8. The van der Waals surface area contributed by atoms with Gasteiger partial charge in [0.2, 0.25) is 5.91 Å². The molecular weight excluding hydrogens is 484 g/mol. The van der Waals surface area contributed by atoms with Crippen molar-refractivity contribution >= 4 is 34.2 Å². The van der Waals surface area contributed by atoms with Crippen molar-refractivity contribution in [1.29, 1.82) is 0 Å². The molecule has 0 bridgehead atoms. The lowest BCUT2D eigenvalue weighted by Gasteiger charge is -2.37. The fourth-order valence-electron chi connectivity index (χ4n) is 6.53. The molecule has 4 heterocycles. The number of rotatable bonds is 3. The lowest BCUT2D eigenvalue weighted by atomic mass is 9.78. The number of cyclic esters (lactones) is 1. The summed E-state index contributed by atoms with van der Waals surface area (Å²) in [5.41, 5.74) is -0.652. The molecule has 2 aromatic rings. The van der Waals surface area contributed by atoms with E-state index in [1.807, 2.05) is 67.6 Å². The summed E-state index contributed by atoms with van der Waals surface area (Å²) in [5.74, 6) is -3.00. The van der Waals surface area contributed by atoms with Crippen LogP contribution in [0.3, 0.4) is 0 Å². The van der Waals surface area contributed by atoms with Crippen molar-refractivity contribution in [2.45, 2.75) is 56.6 Å². The molecule has 4 unspecified atom stereocenters. The van der Waals surface area contributed by atoms with Crippen molar-refractivity contribution < 1.29 is 29.0 Å². The summed E-state index contributed by atoms with van der Waals surface area (Å²) in [6.45, 7) is 3.50. The number of aliphatic hydroxyl groups is 1. The highest BCUT2D eigenvalue weighted by atomic mass is 16.6. The average molecular weight is 517 g/mol. The van der Waals surface area contributed by atoms with E-state index in [0.29, 0.717) is 18.5 Å². The van der Waals surface area contributed by atoms with Crippen LogP contribution in [0.15, 0.2) is 66.8 Å². The fraction of sp³-hybridized carbons (Fsp3) is 0.433. The van der Waals surface area contributed by atoms with E-state index >= 15 is 0 Å². The summed E-state index contributed by atoms with van der Waals surface area (Å²) in [6, 6.07) is 12.1. The Morgan fingerprint density at radius 1 is 1.08 bits per heavy atom. The van der Waals surface area contributed by atoms with Gasteiger partial charge in [-0.2, -0.15) is 0 Å². The minimum absolute atomic E-state index is 0.285. The van der Waals surface area contributed by atoms with Gasteiger partial charge in [-0.15, -0.1) is 0 Å². The van der Waals surface area contributed by atoms with Gasteiger partial charge in [0.1, 0.15) is 17.6 Å². The number of anilines is 1. The van der Waals surface area contributed by atoms with Crippen molar-refractivity contribution in [3.8, 4) is 0 Å². The highest BCUT2D eigenvalue weighted by molar-refractivity contribution is 6.06. The molecule has 1 N–H and O–H groups in total. The predicted molar refractivity (Wildman–Crippen MR) is 141 cm³/mol. The first kappa shape index (κ1) is 24.8. The normalized spacial score (nSPS) is 34.5. The molecular formula is C30H32N2O6. The van der Waals surface area contributed by atoms with Crippen LogP contribution in [0.1, 0.15) is 26.7 Å². The summed E-state index contributed by atoms with van der Waals surface area (Å²) in [6.07, 6.45) is 7.86. The van der Waals surface area contributed by atoms with Gasteiger partial charge in [0.25, 0.3) is 5.91 Å². The molecule has 38 heavy (non-hydrogen) atoms. The molecule has 4 aliphatic rings. The van der Waals surface area contributed by atoms with Crippen molar-refractivity contribution in [2.24, 2.45) is 11.8 Å². The largest absolute Gasteiger partial charge is 0.462 e. The van der Waals surface area contributed by atoms with Gasteiger partial charge in [-0.25, -0.2) is 0 Å². The fourth-order valence-corrected chi connectivity index (χ4v) is 6.53. The molecule has 1 spiro atoms. The molecule has 0 aliphatic carbocycles. The number of amides is 2. The third-order valence-corrected chi connectivity index (χ3v) is 8.37. The Bertz CT molecular complexity index is 1350. The van der Waals surface area contributed by atoms with Gasteiger partial charge in [-0.1, -0.05) is 54.6 Å². The molecule has 6 rings (SSSR count). The number of ether oxygens (including phenoxy) is 2. The molecule has 7 atom stereocenters. The monoisotopic (exact) mass is 516 g/mol. The Kier molecular flexibility index (Phi) is 6.12. The van der Waals surface area contributed by atoms with Crippen molar-refractivity contribution in [3.63, 3.8) is 0 Å². The van der Waals surface area contributed by atoms with Crippen molar-refractivity contribution in [2.75, 3.05) is 18.1 Å². The second-order valence-corrected chi connectivity index (χ2v) is 10.8. The van der Waals surface area contributed by atoms with Crippen LogP contribution in [-0.2, 0) is 23.9 Å². The summed E-state index contributed by atoms with van der Waals surface area (Å²) in [4.78, 5) is 45.0. The van der Waals surface area contributed by atoms with Gasteiger partial charge in [0, 0.05) is 12.2 Å². The number of esters is 1. The van der Waals surface area contributed by atoms with Crippen LogP contribution in [0, 0.1) is 11.8 Å². The molecule has 0 radical (unpaired) electrons. The molecule has 0 aromatic heterocycles. The van der Waals surface area contributed by atoms with Crippen LogP contribution >= 0.6 is 0 Å². The first-order valence-electron chi connectivity index (χ1n) is 13.3. The zero-order valence-corrected chi connectivity index (χ0v) is 21.5. The Labute approximate surface area is 221 Å². The number of fused-ring (bicyclic) bond motifs is 3. The second kappa shape index (κ2) is 9.36. The molecule has 2 saturated heterocycles. The summed E-state index contributed by atoms with van der Waals surface area (Å²) >= 11 is 0. The Balaban J connectivity index is 1.46. The number of allylic oxidation sites excluding steroid dienone is 1. The highest BCUT2D eigenvalue weighted by Gasteiger charge is 2.72. The minimum atomic E-state index is -1.36. The lowest BCUT2D eigenvalue weighted by molar-refractivity contribution is -0.158. The van der Waals surface area contributed by atoms with E-state index in [-0.39, 0.29) is 31.1 Å². The van der Waals surface area contributed by atoms with Crippen LogP contribution < -0.4 is 4.90 Å². The molecule has 2 amide bonds. The number of likely N-dealkylation sites (tertiary alicyclic amines) is 1. The third kappa shape index (κ3) is 3.69. The average Bonchev–Trinajstić information content (AvgIpc) is 3.32. The Morgan fingerprint density at radius 3 is 2.66 bits per heavy atom. The number of nitrogens with zero attached hydrogens (tertiary/aromatic N) is 2. The maximum absolute atomic E-state index is 14.4. The molecule has 0 saturated carbocycles. The topological polar surface area (TPSA) is 96.4 Å². The SMILES string of the molecule is CC1CC/C=C\[C@H]2OC34C=CCN(c5ccc6ccccc6c5)C(=O)[C@H]3N(C(C)CO)C(=O)[C@@H]4C2C(=O)O1. The van der Waals surface area contributed by atoms with E-state index in [1.165, 1.54) is 4.90 Å². The molecule has 8 heteroatoms. The summed E-state index contributed by atoms with van der Waals surface area (Å²) in [7, 11) is 0. The number of hydrogen-bond donors (Lipinski definition) is 1. The number of aliphatic hydroxyl groups excluding tert-OH is 1. The molecule has 2 fully saturated rings. The van der Waals surface area contributed by atoms with Gasteiger partial charge in [0.15, 0.2) is 0 Å². The zero-order chi connectivity index (χ0) is 26.6. The van der Waals surface area contributed by atoms with Gasteiger partial charge < -0.3 is 24.4 Å². The number of hydrogen-bond acceptors (Lipinski definition) is 6. The van der Waals surface area contributed by atoms with Crippen molar-refractivity contribution in [1.82, 2.24) is 4.90 Å². The first-order valence-corrected chi connectivity index (χ1v) is 13.3. The van der Waals surface area contributed by atoms with E-state index in [1.54, 1.807) is 17.9 Å². The van der Waals surface area contributed by atoms with Crippen LogP contribution in [0.5, 0.6) is 0 Å². The van der Waals surface area contributed by atoms with Crippen LogP contribution in [0.4, 0.5) is 5.69 Å². The third-order valence-electron chi connectivity index (χ3n) is 8.37. The first-order chi connectivity index (χ1) is 18.4. The van der Waals surface area contributed by atoms with Gasteiger partial charge in [-0.05, 0) is 49.6 Å². The van der Waals surface area contributed by atoms with E-state index in [4.69, 9.17) is 9.47 Å². The Hall–Kier alpha value is -3.49. The van der Waals surface area contributed by atoms with E-state index in [9.17, 15) is 19.5 Å². The minimum Gasteiger partial charge on any atom is -0.462 e. The molecule has 4 aliphatic heterocycles. The molecule has 8 nitrogen and oxygen atoms in total. The maximum Gasteiger partial charge on any atom is 0.313 e. The quantitative estimate of drug-likeness (QED) is 0.498. The molecule has 2 aromatic carbocycles. The van der Waals surface area contributed by atoms with Crippen LogP contribution in [-0.4, -0.2) is 70.8 Å². The number of benzene rings is 2. The Morgan fingerprint density at radius 2 is 1.87 bits per heavy atom.